The molecule has 3 rings (SSSR count). The molecule has 3 nitrogen and oxygen atoms in total. The van der Waals surface area contributed by atoms with Gasteiger partial charge in [0.25, 0.3) is 0 Å². The van der Waals surface area contributed by atoms with Crippen LogP contribution in [0.15, 0.2) is 18.2 Å². The molecule has 1 aromatic rings. The highest BCUT2D eigenvalue weighted by Crippen LogP contribution is 2.43. The van der Waals surface area contributed by atoms with Crippen molar-refractivity contribution in [3.63, 3.8) is 0 Å². The Morgan fingerprint density at radius 1 is 1.21 bits per heavy atom. The van der Waals surface area contributed by atoms with Crippen LogP contribution >= 0.6 is 0 Å². The molecule has 102 valence electrons. The number of fused-ring (bicyclic) bond motifs is 1. The predicted molar refractivity (Wildman–Crippen MR) is 78.6 cm³/mol. The number of aryl methyl sites for hydroxylation is 1. The molecule has 0 radical (unpaired) electrons. The maximum Gasteiger partial charge on any atom is 0.226 e. The van der Waals surface area contributed by atoms with Crippen molar-refractivity contribution in [2.75, 3.05) is 17.3 Å². The molecule has 1 fully saturated rings. The standard InChI is InChI=1S/C16H22N2O/c1-12-6-7-14-13(10-12)17-15(19)11-16(18(14)2)8-4-3-5-9-16/h6-7,10H,3-5,8-9,11H2,1-2H3,(H,17,19). The van der Waals surface area contributed by atoms with Crippen molar-refractivity contribution < 1.29 is 4.79 Å². The van der Waals surface area contributed by atoms with Crippen molar-refractivity contribution >= 4 is 17.3 Å². The van der Waals surface area contributed by atoms with E-state index in [2.05, 4.69) is 42.4 Å². The Labute approximate surface area is 115 Å². The molecule has 1 aliphatic carbocycles. The first-order chi connectivity index (χ1) is 9.11. The van der Waals surface area contributed by atoms with Crippen LogP contribution in [0.25, 0.3) is 0 Å². The second-order valence-corrected chi connectivity index (χ2v) is 6.09. The van der Waals surface area contributed by atoms with Crippen molar-refractivity contribution in [1.82, 2.24) is 0 Å². The van der Waals surface area contributed by atoms with Crippen LogP contribution in [0.5, 0.6) is 0 Å². The molecule has 1 N–H and O–H groups in total. The van der Waals surface area contributed by atoms with E-state index in [1.807, 2.05) is 0 Å². The smallest absolute Gasteiger partial charge is 0.226 e. The number of nitrogens with one attached hydrogen (secondary N) is 1. The van der Waals surface area contributed by atoms with Gasteiger partial charge >= 0.3 is 0 Å². The monoisotopic (exact) mass is 258 g/mol. The second-order valence-electron chi connectivity index (χ2n) is 6.09. The zero-order valence-electron chi connectivity index (χ0n) is 11.8. The van der Waals surface area contributed by atoms with Gasteiger partial charge in [0.1, 0.15) is 0 Å². The maximum atomic E-state index is 12.2. The zero-order chi connectivity index (χ0) is 13.5. The summed E-state index contributed by atoms with van der Waals surface area (Å²) >= 11 is 0. The fraction of sp³-hybridized carbons (Fsp3) is 0.562. The van der Waals surface area contributed by atoms with Gasteiger partial charge in [0.15, 0.2) is 0 Å². The van der Waals surface area contributed by atoms with Crippen LogP contribution in [0.1, 0.15) is 44.1 Å². The third-order valence-corrected chi connectivity index (χ3v) is 4.77. The summed E-state index contributed by atoms with van der Waals surface area (Å²) in [7, 11) is 2.15. The highest BCUT2D eigenvalue weighted by molar-refractivity contribution is 5.97. The van der Waals surface area contributed by atoms with Crippen LogP contribution in [-0.2, 0) is 4.79 Å². The third kappa shape index (κ3) is 2.11. The number of hydrogen-bond acceptors (Lipinski definition) is 2. The topological polar surface area (TPSA) is 32.3 Å². The van der Waals surface area contributed by atoms with Crippen molar-refractivity contribution in [2.24, 2.45) is 0 Å². The normalized spacial score (nSPS) is 21.8. The molecule has 1 spiro atoms. The summed E-state index contributed by atoms with van der Waals surface area (Å²) in [4.78, 5) is 14.6. The summed E-state index contributed by atoms with van der Waals surface area (Å²) in [6, 6.07) is 6.35. The number of amides is 1. The van der Waals surface area contributed by atoms with E-state index < -0.39 is 0 Å². The molecule has 0 unspecified atom stereocenters. The Morgan fingerprint density at radius 2 is 1.95 bits per heavy atom. The van der Waals surface area contributed by atoms with E-state index in [0.29, 0.717) is 6.42 Å². The van der Waals surface area contributed by atoms with E-state index >= 15 is 0 Å². The van der Waals surface area contributed by atoms with Crippen molar-refractivity contribution in [3.8, 4) is 0 Å². The summed E-state index contributed by atoms with van der Waals surface area (Å²) < 4.78 is 0. The molecular weight excluding hydrogens is 236 g/mol. The van der Waals surface area contributed by atoms with E-state index in [9.17, 15) is 4.79 Å². The molecule has 0 bridgehead atoms. The lowest BCUT2D eigenvalue weighted by atomic mass is 9.78. The average Bonchev–Trinajstić information content (AvgIpc) is 2.47. The summed E-state index contributed by atoms with van der Waals surface area (Å²) in [5, 5.41) is 3.08. The minimum atomic E-state index is 0.0306. The van der Waals surface area contributed by atoms with Gasteiger partial charge in [0.05, 0.1) is 17.8 Å². The average molecular weight is 258 g/mol. The predicted octanol–water partition coefficient (Wildman–Crippen LogP) is 3.48. The van der Waals surface area contributed by atoms with Crippen molar-refractivity contribution in [2.45, 2.75) is 51.0 Å². The Hall–Kier alpha value is -1.51. The summed E-state index contributed by atoms with van der Waals surface area (Å²) in [6.45, 7) is 2.06. The first-order valence-electron chi connectivity index (χ1n) is 7.25. The molecular formula is C16H22N2O. The van der Waals surface area contributed by atoms with Gasteiger partial charge in [0.2, 0.25) is 5.91 Å². The largest absolute Gasteiger partial charge is 0.367 e. The quantitative estimate of drug-likeness (QED) is 0.772. The Balaban J connectivity index is 2.06. The van der Waals surface area contributed by atoms with E-state index in [1.165, 1.54) is 30.5 Å². The minimum Gasteiger partial charge on any atom is -0.367 e. The number of nitrogens with zero attached hydrogens (tertiary/aromatic N) is 1. The van der Waals surface area contributed by atoms with Gasteiger partial charge in [-0.1, -0.05) is 25.3 Å². The molecule has 0 aromatic heterocycles. The zero-order valence-corrected chi connectivity index (χ0v) is 11.8. The van der Waals surface area contributed by atoms with Crippen molar-refractivity contribution in [3.05, 3.63) is 23.8 Å². The lowest BCUT2D eigenvalue weighted by molar-refractivity contribution is -0.117. The van der Waals surface area contributed by atoms with Crippen LogP contribution in [0.4, 0.5) is 11.4 Å². The fourth-order valence-corrected chi connectivity index (χ4v) is 3.63. The molecule has 1 aromatic carbocycles. The Kier molecular flexibility index (Phi) is 3.00. The number of anilines is 2. The summed E-state index contributed by atoms with van der Waals surface area (Å²) in [6.07, 6.45) is 6.65. The summed E-state index contributed by atoms with van der Waals surface area (Å²) in [5.74, 6) is 0.165. The highest BCUT2D eigenvalue weighted by atomic mass is 16.1. The third-order valence-electron chi connectivity index (χ3n) is 4.77. The van der Waals surface area contributed by atoms with Gasteiger partial charge in [-0.05, 0) is 37.5 Å². The lowest BCUT2D eigenvalue weighted by Crippen LogP contribution is -2.49. The second kappa shape index (κ2) is 4.55. The van der Waals surface area contributed by atoms with Gasteiger partial charge in [-0.15, -0.1) is 0 Å². The minimum absolute atomic E-state index is 0.0306. The molecule has 0 saturated heterocycles. The molecule has 1 saturated carbocycles. The maximum absolute atomic E-state index is 12.2. The van der Waals surface area contributed by atoms with E-state index in [0.717, 1.165) is 18.5 Å². The van der Waals surface area contributed by atoms with E-state index in [-0.39, 0.29) is 11.4 Å². The number of carbonyl (C=O) groups excluding carboxylic acids is 1. The van der Waals surface area contributed by atoms with Gasteiger partial charge in [0, 0.05) is 12.6 Å². The van der Waals surface area contributed by atoms with Gasteiger partial charge in [-0.3, -0.25) is 4.79 Å². The number of benzene rings is 1. The van der Waals surface area contributed by atoms with Gasteiger partial charge < -0.3 is 10.2 Å². The molecule has 0 atom stereocenters. The van der Waals surface area contributed by atoms with Crippen LogP contribution in [0.2, 0.25) is 0 Å². The van der Waals surface area contributed by atoms with Gasteiger partial charge in [-0.2, -0.15) is 0 Å². The highest BCUT2D eigenvalue weighted by Gasteiger charge is 2.40. The summed E-state index contributed by atoms with van der Waals surface area (Å²) in [5.41, 5.74) is 3.35. The molecule has 1 aliphatic heterocycles. The lowest BCUT2D eigenvalue weighted by Gasteiger charge is -2.44. The SMILES string of the molecule is Cc1ccc2c(c1)NC(=O)CC1(CCCCC1)N2C. The Morgan fingerprint density at radius 3 is 2.68 bits per heavy atom. The van der Waals surface area contributed by atoms with Crippen LogP contribution in [0.3, 0.4) is 0 Å². The molecule has 1 heterocycles. The van der Waals surface area contributed by atoms with Crippen LogP contribution < -0.4 is 10.2 Å². The number of carbonyl (C=O) groups is 1. The van der Waals surface area contributed by atoms with E-state index in [1.54, 1.807) is 0 Å². The van der Waals surface area contributed by atoms with Crippen LogP contribution in [-0.4, -0.2) is 18.5 Å². The molecule has 19 heavy (non-hydrogen) atoms. The molecule has 1 amide bonds. The molecule has 3 heteroatoms. The Bertz CT molecular complexity index is 503. The number of rotatable bonds is 0. The van der Waals surface area contributed by atoms with E-state index in [4.69, 9.17) is 0 Å². The van der Waals surface area contributed by atoms with Gasteiger partial charge in [-0.25, -0.2) is 0 Å². The number of hydrogen-bond donors (Lipinski definition) is 1. The first kappa shape index (κ1) is 12.5. The molecule has 2 aliphatic rings. The van der Waals surface area contributed by atoms with Crippen LogP contribution in [0, 0.1) is 6.92 Å². The van der Waals surface area contributed by atoms with Crippen molar-refractivity contribution in [1.29, 1.82) is 0 Å². The fourth-order valence-electron chi connectivity index (χ4n) is 3.63. The first-order valence-corrected chi connectivity index (χ1v) is 7.25.